The third kappa shape index (κ3) is 2.93. The molecule has 100 valence electrons. The van der Waals surface area contributed by atoms with Gasteiger partial charge >= 0.3 is 0 Å². The number of nitrogens with zero attached hydrogens (tertiary/aromatic N) is 1. The van der Waals surface area contributed by atoms with Gasteiger partial charge in [0, 0.05) is 11.8 Å². The van der Waals surface area contributed by atoms with E-state index in [1.54, 1.807) is 6.07 Å². The topological polar surface area (TPSA) is 42.4 Å². The number of aliphatic hydroxyl groups is 1. The van der Waals surface area contributed by atoms with Gasteiger partial charge in [0.1, 0.15) is 5.75 Å². The fraction of sp³-hybridized carbons (Fsp3) is 0.312. The fourth-order valence-electron chi connectivity index (χ4n) is 2.04. The average molecular weight is 257 g/mol. The Balaban J connectivity index is 2.41. The number of aryl methyl sites for hydroxylation is 3. The van der Waals surface area contributed by atoms with Crippen LogP contribution in [0.25, 0.3) is 0 Å². The minimum Gasteiger partial charge on any atom is -0.438 e. The lowest BCUT2D eigenvalue weighted by molar-refractivity contribution is 0.281. The van der Waals surface area contributed by atoms with E-state index in [0.29, 0.717) is 5.88 Å². The Morgan fingerprint density at radius 3 is 2.42 bits per heavy atom. The van der Waals surface area contributed by atoms with Crippen LogP contribution in [0.4, 0.5) is 0 Å². The molecular formula is C16H19NO2. The van der Waals surface area contributed by atoms with Crippen molar-refractivity contribution < 1.29 is 9.84 Å². The Bertz CT molecular complexity index is 606. The Kier molecular flexibility index (Phi) is 3.86. The number of rotatable bonds is 3. The third-order valence-corrected chi connectivity index (χ3v) is 3.25. The second-order valence-corrected chi connectivity index (χ2v) is 4.87. The third-order valence-electron chi connectivity index (χ3n) is 3.25. The largest absolute Gasteiger partial charge is 0.438 e. The van der Waals surface area contributed by atoms with E-state index in [0.717, 1.165) is 28.1 Å². The van der Waals surface area contributed by atoms with Gasteiger partial charge in [-0.15, -0.1) is 0 Å². The van der Waals surface area contributed by atoms with E-state index in [1.807, 2.05) is 32.9 Å². The molecule has 3 nitrogen and oxygen atoms in total. The average Bonchev–Trinajstić information content (AvgIpc) is 2.38. The zero-order valence-electron chi connectivity index (χ0n) is 11.8. The van der Waals surface area contributed by atoms with E-state index >= 15 is 0 Å². The smallest absolute Gasteiger partial charge is 0.219 e. The standard InChI is InChI=1S/C16H19NO2/c1-10-5-6-11(2)16(13(10)4)19-15-8-14(9-18)7-12(3)17-15/h5-8,18H,9H2,1-4H3. The molecular weight excluding hydrogens is 238 g/mol. The van der Waals surface area contributed by atoms with Gasteiger partial charge in [-0.2, -0.15) is 0 Å². The highest BCUT2D eigenvalue weighted by Crippen LogP contribution is 2.30. The molecule has 0 unspecified atom stereocenters. The minimum absolute atomic E-state index is 0.00843. The van der Waals surface area contributed by atoms with Crippen LogP contribution in [0.2, 0.25) is 0 Å². The SMILES string of the molecule is Cc1cc(CO)cc(Oc2c(C)ccc(C)c2C)n1. The second kappa shape index (κ2) is 5.41. The van der Waals surface area contributed by atoms with E-state index in [2.05, 4.69) is 18.0 Å². The number of ether oxygens (including phenoxy) is 1. The number of hydrogen-bond acceptors (Lipinski definition) is 3. The lowest BCUT2D eigenvalue weighted by Gasteiger charge is -2.13. The summed E-state index contributed by atoms with van der Waals surface area (Å²) >= 11 is 0. The molecule has 19 heavy (non-hydrogen) atoms. The molecule has 0 amide bonds. The van der Waals surface area contributed by atoms with Gasteiger partial charge in [-0.05, 0) is 56.0 Å². The second-order valence-electron chi connectivity index (χ2n) is 4.87. The monoisotopic (exact) mass is 257 g/mol. The number of benzene rings is 1. The summed E-state index contributed by atoms with van der Waals surface area (Å²) < 4.78 is 5.92. The normalized spacial score (nSPS) is 10.6. The maximum absolute atomic E-state index is 9.22. The summed E-state index contributed by atoms with van der Waals surface area (Å²) in [5, 5.41) is 9.22. The van der Waals surface area contributed by atoms with Gasteiger partial charge in [0.15, 0.2) is 0 Å². The summed E-state index contributed by atoms with van der Waals surface area (Å²) in [4.78, 5) is 4.36. The van der Waals surface area contributed by atoms with Crippen LogP contribution in [0, 0.1) is 27.7 Å². The zero-order valence-corrected chi connectivity index (χ0v) is 11.8. The lowest BCUT2D eigenvalue weighted by Crippen LogP contribution is -1.97. The fourth-order valence-corrected chi connectivity index (χ4v) is 2.04. The van der Waals surface area contributed by atoms with Gasteiger partial charge in [0.05, 0.1) is 6.61 Å². The van der Waals surface area contributed by atoms with Crippen LogP contribution in [-0.4, -0.2) is 10.1 Å². The van der Waals surface area contributed by atoms with Crippen LogP contribution >= 0.6 is 0 Å². The molecule has 0 bridgehead atoms. The van der Waals surface area contributed by atoms with Crippen LogP contribution in [0.3, 0.4) is 0 Å². The summed E-state index contributed by atoms with van der Waals surface area (Å²) in [5.74, 6) is 1.38. The molecule has 3 heteroatoms. The molecule has 0 atom stereocenters. The van der Waals surface area contributed by atoms with E-state index in [4.69, 9.17) is 4.74 Å². The van der Waals surface area contributed by atoms with Crippen molar-refractivity contribution in [1.82, 2.24) is 4.98 Å². The molecule has 1 aromatic heterocycles. The van der Waals surface area contributed by atoms with Crippen LogP contribution in [0.1, 0.15) is 27.9 Å². The van der Waals surface area contributed by atoms with E-state index < -0.39 is 0 Å². The summed E-state index contributed by atoms with van der Waals surface area (Å²) in [6.45, 7) is 8.00. The predicted octanol–water partition coefficient (Wildman–Crippen LogP) is 3.60. The number of pyridine rings is 1. The first kappa shape index (κ1) is 13.6. The molecule has 0 spiro atoms. The van der Waals surface area contributed by atoms with Crippen molar-refractivity contribution in [2.24, 2.45) is 0 Å². The minimum atomic E-state index is -0.00843. The number of aliphatic hydroxyl groups excluding tert-OH is 1. The summed E-state index contributed by atoms with van der Waals surface area (Å²) in [5.41, 5.74) is 5.04. The van der Waals surface area contributed by atoms with Gasteiger partial charge in [0.25, 0.3) is 0 Å². The molecule has 0 fully saturated rings. The first-order valence-corrected chi connectivity index (χ1v) is 6.34. The highest BCUT2D eigenvalue weighted by atomic mass is 16.5. The van der Waals surface area contributed by atoms with Crippen LogP contribution in [-0.2, 0) is 6.61 Å². The van der Waals surface area contributed by atoms with E-state index in [9.17, 15) is 5.11 Å². The van der Waals surface area contributed by atoms with Crippen molar-refractivity contribution >= 4 is 0 Å². The van der Waals surface area contributed by atoms with Gasteiger partial charge < -0.3 is 9.84 Å². The molecule has 2 aromatic rings. The Morgan fingerprint density at radius 2 is 1.74 bits per heavy atom. The Labute approximate surface area is 113 Å². The van der Waals surface area contributed by atoms with Crippen LogP contribution < -0.4 is 4.74 Å². The maximum Gasteiger partial charge on any atom is 0.219 e. The quantitative estimate of drug-likeness (QED) is 0.913. The Morgan fingerprint density at radius 1 is 1.05 bits per heavy atom. The van der Waals surface area contributed by atoms with Gasteiger partial charge in [-0.1, -0.05) is 12.1 Å². The van der Waals surface area contributed by atoms with Crippen molar-refractivity contribution in [3.05, 3.63) is 52.2 Å². The molecule has 1 N–H and O–H groups in total. The van der Waals surface area contributed by atoms with Crippen molar-refractivity contribution in [3.63, 3.8) is 0 Å². The highest BCUT2D eigenvalue weighted by molar-refractivity contribution is 5.46. The zero-order chi connectivity index (χ0) is 14.0. The predicted molar refractivity (Wildman–Crippen MR) is 75.6 cm³/mol. The van der Waals surface area contributed by atoms with Crippen molar-refractivity contribution in [3.8, 4) is 11.6 Å². The maximum atomic E-state index is 9.22. The molecule has 0 saturated heterocycles. The van der Waals surface area contributed by atoms with Crippen molar-refractivity contribution in [2.45, 2.75) is 34.3 Å². The van der Waals surface area contributed by atoms with E-state index in [-0.39, 0.29) is 6.61 Å². The molecule has 1 heterocycles. The lowest BCUT2D eigenvalue weighted by atomic mass is 10.1. The van der Waals surface area contributed by atoms with Gasteiger partial charge in [-0.3, -0.25) is 0 Å². The molecule has 0 radical (unpaired) electrons. The van der Waals surface area contributed by atoms with Gasteiger partial charge in [0.2, 0.25) is 5.88 Å². The molecule has 0 aliphatic heterocycles. The summed E-state index contributed by atoms with van der Waals surface area (Å²) in [6, 6.07) is 7.75. The summed E-state index contributed by atoms with van der Waals surface area (Å²) in [6.07, 6.45) is 0. The van der Waals surface area contributed by atoms with Gasteiger partial charge in [-0.25, -0.2) is 4.98 Å². The number of aromatic nitrogens is 1. The Hall–Kier alpha value is -1.87. The molecule has 0 saturated carbocycles. The molecule has 0 aliphatic rings. The summed E-state index contributed by atoms with van der Waals surface area (Å²) in [7, 11) is 0. The first-order valence-electron chi connectivity index (χ1n) is 6.34. The van der Waals surface area contributed by atoms with Crippen LogP contribution in [0.15, 0.2) is 24.3 Å². The first-order chi connectivity index (χ1) is 9.01. The van der Waals surface area contributed by atoms with Crippen molar-refractivity contribution in [1.29, 1.82) is 0 Å². The van der Waals surface area contributed by atoms with Crippen molar-refractivity contribution in [2.75, 3.05) is 0 Å². The molecule has 0 aliphatic carbocycles. The molecule has 2 rings (SSSR count). The highest BCUT2D eigenvalue weighted by Gasteiger charge is 2.09. The van der Waals surface area contributed by atoms with E-state index in [1.165, 1.54) is 5.56 Å². The molecule has 1 aromatic carbocycles. The number of hydrogen-bond donors (Lipinski definition) is 1. The van der Waals surface area contributed by atoms with Crippen LogP contribution in [0.5, 0.6) is 11.6 Å².